The average Bonchev–Trinajstić information content (AvgIpc) is 3.23. The molecule has 4 N–H and O–H groups in total. The van der Waals surface area contributed by atoms with Gasteiger partial charge in [0, 0.05) is 6.42 Å². The summed E-state index contributed by atoms with van der Waals surface area (Å²) < 4.78 is 5.78. The van der Waals surface area contributed by atoms with Gasteiger partial charge in [0.05, 0.1) is 18.5 Å². The van der Waals surface area contributed by atoms with Crippen LogP contribution in [0.5, 0.6) is 5.75 Å². The number of aromatic amines is 1. The van der Waals surface area contributed by atoms with Crippen molar-refractivity contribution in [2.75, 3.05) is 11.9 Å². The van der Waals surface area contributed by atoms with Gasteiger partial charge in [0.15, 0.2) is 11.5 Å². The first-order valence-corrected chi connectivity index (χ1v) is 9.29. The Bertz CT molecular complexity index is 974. The van der Waals surface area contributed by atoms with E-state index in [9.17, 15) is 9.59 Å². The number of ether oxygens (including phenoxy) is 1. The fraction of sp³-hybridized carbons (Fsp3) is 0.316. The number of aromatic nitrogens is 4. The van der Waals surface area contributed by atoms with Gasteiger partial charge in [-0.15, -0.1) is 0 Å². The molecule has 2 aromatic heterocycles. The van der Waals surface area contributed by atoms with Crippen molar-refractivity contribution in [3.05, 3.63) is 42.5 Å². The Kier molecular flexibility index (Phi) is 7.06. The number of H-pyrrole nitrogens is 1. The highest BCUT2D eigenvalue weighted by Crippen LogP contribution is 2.21. The molecule has 10 nitrogen and oxygen atoms in total. The molecule has 2 amide bonds. The Hall–Kier alpha value is -3.53. The molecule has 0 unspecified atom stereocenters. The van der Waals surface area contributed by atoms with Crippen LogP contribution in [0.4, 0.5) is 5.82 Å². The van der Waals surface area contributed by atoms with Gasteiger partial charge in [0.1, 0.15) is 17.6 Å². The highest BCUT2D eigenvalue weighted by atomic mass is 16.5. The maximum absolute atomic E-state index is 12.7. The van der Waals surface area contributed by atoms with Crippen LogP contribution < -0.4 is 15.5 Å². The number of amides is 2. The lowest BCUT2D eigenvalue weighted by atomic mass is 10.1. The van der Waals surface area contributed by atoms with E-state index in [-0.39, 0.29) is 11.8 Å². The fourth-order valence-electron chi connectivity index (χ4n) is 2.79. The zero-order chi connectivity index (χ0) is 20.5. The quantitative estimate of drug-likeness (QED) is 0.233. The van der Waals surface area contributed by atoms with Crippen LogP contribution in [0.2, 0.25) is 0 Å². The van der Waals surface area contributed by atoms with Crippen LogP contribution in [0.3, 0.4) is 0 Å². The molecule has 0 saturated carbocycles. The molecule has 2 heterocycles. The summed E-state index contributed by atoms with van der Waals surface area (Å²) in [5.74, 6) is 0.112. The Morgan fingerprint density at radius 2 is 1.90 bits per heavy atom. The van der Waals surface area contributed by atoms with Crippen LogP contribution in [0.25, 0.3) is 11.2 Å². The zero-order valence-corrected chi connectivity index (χ0v) is 15.7. The van der Waals surface area contributed by atoms with Gasteiger partial charge in [0.25, 0.3) is 5.91 Å². The van der Waals surface area contributed by atoms with Crippen molar-refractivity contribution < 1.29 is 19.5 Å². The minimum Gasteiger partial charge on any atom is -0.493 e. The van der Waals surface area contributed by atoms with E-state index in [2.05, 4.69) is 25.3 Å². The van der Waals surface area contributed by atoms with Crippen LogP contribution >= 0.6 is 0 Å². The van der Waals surface area contributed by atoms with E-state index in [1.54, 1.807) is 29.7 Å². The van der Waals surface area contributed by atoms with E-state index in [0.29, 0.717) is 47.7 Å². The molecular formula is C19H22N6O4. The summed E-state index contributed by atoms with van der Waals surface area (Å²) in [7, 11) is 0. The van der Waals surface area contributed by atoms with Gasteiger partial charge in [-0.1, -0.05) is 25.0 Å². The highest BCUT2D eigenvalue weighted by Gasteiger charge is 2.15. The van der Waals surface area contributed by atoms with Crippen molar-refractivity contribution >= 4 is 28.8 Å². The number of anilines is 1. The molecule has 0 saturated heterocycles. The first-order chi connectivity index (χ1) is 14.2. The molecule has 152 valence electrons. The molecule has 0 radical (unpaired) electrons. The smallest absolute Gasteiger partial charge is 0.260 e. The molecule has 1 aromatic carbocycles. The van der Waals surface area contributed by atoms with Gasteiger partial charge in [-0.2, -0.15) is 0 Å². The molecular weight excluding hydrogens is 376 g/mol. The number of imidazole rings is 1. The second-order valence-corrected chi connectivity index (χ2v) is 6.32. The standard InChI is InChI=1S/C19H22N6O4/c26-15(25-28)9-3-1-2-6-10-29-14-8-5-4-7-13(14)19(27)24-18-16-17(21-11-20-16)22-12-23-18/h4-5,7-8,11-12,28H,1-3,6,9-10H2,(H,25,26)(H2,20,21,22,23,24,27). The minimum absolute atomic E-state index is 0.299. The molecule has 0 atom stereocenters. The fourth-order valence-corrected chi connectivity index (χ4v) is 2.79. The van der Waals surface area contributed by atoms with Crippen LogP contribution in [0, 0.1) is 0 Å². The second kappa shape index (κ2) is 10.1. The third-order valence-corrected chi connectivity index (χ3v) is 4.27. The topological polar surface area (TPSA) is 142 Å². The molecule has 3 rings (SSSR count). The van der Waals surface area contributed by atoms with Crippen molar-refractivity contribution in [3.8, 4) is 5.75 Å². The van der Waals surface area contributed by atoms with Crippen LogP contribution in [-0.4, -0.2) is 43.6 Å². The molecule has 0 bridgehead atoms. The van der Waals surface area contributed by atoms with Crippen LogP contribution in [0.15, 0.2) is 36.9 Å². The van der Waals surface area contributed by atoms with Gasteiger partial charge in [-0.25, -0.2) is 20.4 Å². The van der Waals surface area contributed by atoms with Crippen molar-refractivity contribution in [1.82, 2.24) is 25.4 Å². The van der Waals surface area contributed by atoms with Gasteiger partial charge in [-0.3, -0.25) is 14.8 Å². The second-order valence-electron chi connectivity index (χ2n) is 6.32. The summed E-state index contributed by atoms with van der Waals surface area (Å²) in [6.45, 7) is 0.453. The number of benzene rings is 1. The van der Waals surface area contributed by atoms with E-state index < -0.39 is 0 Å². The normalized spacial score (nSPS) is 10.7. The third-order valence-electron chi connectivity index (χ3n) is 4.27. The summed E-state index contributed by atoms with van der Waals surface area (Å²) in [6, 6.07) is 6.99. The van der Waals surface area contributed by atoms with Crippen molar-refractivity contribution in [1.29, 1.82) is 0 Å². The highest BCUT2D eigenvalue weighted by molar-refractivity contribution is 6.08. The maximum Gasteiger partial charge on any atom is 0.260 e. The number of para-hydroxylation sites is 1. The van der Waals surface area contributed by atoms with Gasteiger partial charge in [0.2, 0.25) is 5.91 Å². The number of unbranched alkanes of at least 4 members (excludes halogenated alkanes) is 3. The predicted molar refractivity (Wildman–Crippen MR) is 105 cm³/mol. The lowest BCUT2D eigenvalue weighted by molar-refractivity contribution is -0.129. The Balaban J connectivity index is 1.53. The number of hydrogen-bond donors (Lipinski definition) is 4. The Labute approximate surface area is 166 Å². The minimum atomic E-state index is -0.378. The number of fused-ring (bicyclic) bond motifs is 1. The summed E-state index contributed by atoms with van der Waals surface area (Å²) in [5, 5.41) is 11.2. The molecule has 29 heavy (non-hydrogen) atoms. The summed E-state index contributed by atoms with van der Waals surface area (Å²) >= 11 is 0. The zero-order valence-electron chi connectivity index (χ0n) is 15.7. The number of hydroxylamine groups is 1. The van der Waals surface area contributed by atoms with E-state index in [4.69, 9.17) is 9.94 Å². The maximum atomic E-state index is 12.7. The first-order valence-electron chi connectivity index (χ1n) is 9.29. The van der Waals surface area contributed by atoms with E-state index in [1.807, 2.05) is 0 Å². The Morgan fingerprint density at radius 3 is 2.76 bits per heavy atom. The third kappa shape index (κ3) is 5.48. The summed E-state index contributed by atoms with van der Waals surface area (Å²) in [5.41, 5.74) is 3.04. The number of carbonyl (C=O) groups excluding carboxylic acids is 2. The van der Waals surface area contributed by atoms with Crippen molar-refractivity contribution in [3.63, 3.8) is 0 Å². The van der Waals surface area contributed by atoms with Crippen LogP contribution in [-0.2, 0) is 4.79 Å². The lowest BCUT2D eigenvalue weighted by Gasteiger charge is -2.11. The van der Waals surface area contributed by atoms with Crippen molar-refractivity contribution in [2.45, 2.75) is 32.1 Å². The molecule has 10 heteroatoms. The van der Waals surface area contributed by atoms with Gasteiger partial charge in [-0.05, 0) is 25.0 Å². The number of carbonyl (C=O) groups is 2. The molecule has 0 spiro atoms. The Morgan fingerprint density at radius 1 is 1.07 bits per heavy atom. The number of nitrogens with one attached hydrogen (secondary N) is 3. The van der Waals surface area contributed by atoms with E-state index in [1.165, 1.54) is 12.7 Å². The number of nitrogens with zero attached hydrogens (tertiary/aromatic N) is 3. The number of hydrogen-bond acceptors (Lipinski definition) is 7. The summed E-state index contributed by atoms with van der Waals surface area (Å²) in [4.78, 5) is 38.7. The SMILES string of the molecule is O=C(CCCCCCOc1ccccc1C(=O)Nc1ncnc2nc[nH]c12)NO. The van der Waals surface area contributed by atoms with E-state index in [0.717, 1.165) is 19.3 Å². The molecule has 0 aliphatic heterocycles. The average molecular weight is 398 g/mol. The van der Waals surface area contributed by atoms with Crippen LogP contribution in [0.1, 0.15) is 42.5 Å². The van der Waals surface area contributed by atoms with Gasteiger partial charge < -0.3 is 15.0 Å². The number of rotatable bonds is 10. The largest absolute Gasteiger partial charge is 0.493 e. The van der Waals surface area contributed by atoms with E-state index >= 15 is 0 Å². The molecule has 0 aliphatic carbocycles. The molecule has 0 fully saturated rings. The lowest BCUT2D eigenvalue weighted by Crippen LogP contribution is -2.17. The monoisotopic (exact) mass is 398 g/mol. The van der Waals surface area contributed by atoms with Gasteiger partial charge >= 0.3 is 0 Å². The van der Waals surface area contributed by atoms with Crippen molar-refractivity contribution in [2.24, 2.45) is 0 Å². The molecule has 3 aromatic rings. The first kappa shape index (κ1) is 20.2. The molecule has 0 aliphatic rings. The summed E-state index contributed by atoms with van der Waals surface area (Å²) in [6.07, 6.45) is 6.35. The predicted octanol–water partition coefficient (Wildman–Crippen LogP) is 2.44.